The fraction of sp³-hybridized carbons (Fsp3) is 0.438. The Morgan fingerprint density at radius 2 is 2.00 bits per heavy atom. The minimum atomic E-state index is -0.236. The van der Waals surface area contributed by atoms with Crippen LogP contribution in [0, 0.1) is 5.82 Å². The third-order valence-electron chi connectivity index (χ3n) is 3.37. The number of morpholine rings is 1. The SMILES string of the molecule is CN(C/C=C/c1ccc(F)cc1)CC(=O)N1CCOCC1. The topological polar surface area (TPSA) is 32.8 Å². The Kier molecular flexibility index (Phi) is 5.90. The van der Waals surface area contributed by atoms with Crippen molar-refractivity contribution in [3.05, 3.63) is 41.7 Å². The number of ether oxygens (including phenoxy) is 1. The summed E-state index contributed by atoms with van der Waals surface area (Å²) in [5, 5.41) is 0. The van der Waals surface area contributed by atoms with E-state index in [2.05, 4.69) is 0 Å². The second-order valence-corrected chi connectivity index (χ2v) is 5.14. The first-order valence-corrected chi connectivity index (χ1v) is 7.11. The highest BCUT2D eigenvalue weighted by atomic mass is 19.1. The van der Waals surface area contributed by atoms with Crippen molar-refractivity contribution in [2.24, 2.45) is 0 Å². The molecule has 0 unspecified atom stereocenters. The van der Waals surface area contributed by atoms with E-state index in [1.807, 2.05) is 29.0 Å². The van der Waals surface area contributed by atoms with E-state index >= 15 is 0 Å². The summed E-state index contributed by atoms with van der Waals surface area (Å²) >= 11 is 0. The number of rotatable bonds is 5. The number of hydrogen-bond acceptors (Lipinski definition) is 3. The smallest absolute Gasteiger partial charge is 0.236 e. The molecule has 1 heterocycles. The second kappa shape index (κ2) is 7.90. The monoisotopic (exact) mass is 292 g/mol. The molecule has 0 saturated carbocycles. The van der Waals surface area contributed by atoms with E-state index in [0.717, 1.165) is 5.56 Å². The standard InChI is InChI=1S/C16H21FN2O2/c1-18(13-16(20)19-9-11-21-12-10-19)8-2-3-14-4-6-15(17)7-5-14/h2-7H,8-13H2,1H3/b3-2+. The molecule has 5 heteroatoms. The zero-order valence-electron chi connectivity index (χ0n) is 12.3. The van der Waals surface area contributed by atoms with Gasteiger partial charge in [-0.05, 0) is 24.7 Å². The van der Waals surface area contributed by atoms with Gasteiger partial charge >= 0.3 is 0 Å². The van der Waals surface area contributed by atoms with E-state index in [1.54, 1.807) is 12.1 Å². The predicted molar refractivity (Wildman–Crippen MR) is 80.3 cm³/mol. The molecule has 21 heavy (non-hydrogen) atoms. The molecule has 1 aromatic rings. The first-order chi connectivity index (χ1) is 10.1. The lowest BCUT2D eigenvalue weighted by atomic mass is 10.2. The van der Waals surface area contributed by atoms with E-state index in [-0.39, 0.29) is 11.7 Å². The summed E-state index contributed by atoms with van der Waals surface area (Å²) in [6.07, 6.45) is 3.90. The summed E-state index contributed by atoms with van der Waals surface area (Å²) < 4.78 is 18.0. The lowest BCUT2D eigenvalue weighted by Gasteiger charge is -2.28. The van der Waals surface area contributed by atoms with Gasteiger partial charge in [0.2, 0.25) is 5.91 Å². The predicted octanol–water partition coefficient (Wildman–Crippen LogP) is 1.63. The van der Waals surface area contributed by atoms with Crippen molar-refractivity contribution < 1.29 is 13.9 Å². The Hall–Kier alpha value is -1.72. The van der Waals surface area contributed by atoms with Gasteiger partial charge in [0.05, 0.1) is 19.8 Å². The fourth-order valence-electron chi connectivity index (χ4n) is 2.15. The summed E-state index contributed by atoms with van der Waals surface area (Å²) in [5.41, 5.74) is 0.948. The Morgan fingerprint density at radius 3 is 2.67 bits per heavy atom. The molecule has 1 aromatic carbocycles. The molecule has 1 amide bonds. The van der Waals surface area contributed by atoms with Crippen molar-refractivity contribution in [2.75, 3.05) is 46.4 Å². The van der Waals surface area contributed by atoms with Gasteiger partial charge in [-0.3, -0.25) is 9.69 Å². The van der Waals surface area contributed by atoms with E-state index in [4.69, 9.17) is 4.74 Å². The van der Waals surface area contributed by atoms with Crippen LogP contribution >= 0.6 is 0 Å². The molecule has 4 nitrogen and oxygen atoms in total. The molecule has 0 N–H and O–H groups in total. The molecule has 0 aliphatic carbocycles. The molecule has 0 atom stereocenters. The van der Waals surface area contributed by atoms with Gasteiger partial charge in [0.15, 0.2) is 0 Å². The van der Waals surface area contributed by atoms with Crippen LogP contribution in [0.25, 0.3) is 6.08 Å². The molecule has 1 aliphatic rings. The molecule has 1 saturated heterocycles. The van der Waals surface area contributed by atoms with Crippen LogP contribution < -0.4 is 0 Å². The number of likely N-dealkylation sites (N-methyl/N-ethyl adjacent to an activating group) is 1. The van der Waals surface area contributed by atoms with Crippen LogP contribution in [-0.4, -0.2) is 62.1 Å². The van der Waals surface area contributed by atoms with Crippen LogP contribution in [0.5, 0.6) is 0 Å². The van der Waals surface area contributed by atoms with Crippen molar-refractivity contribution >= 4 is 12.0 Å². The maximum absolute atomic E-state index is 12.8. The largest absolute Gasteiger partial charge is 0.378 e. The van der Waals surface area contributed by atoms with Crippen LogP contribution in [0.2, 0.25) is 0 Å². The summed E-state index contributed by atoms with van der Waals surface area (Å²) in [7, 11) is 1.91. The van der Waals surface area contributed by atoms with Crippen LogP contribution in [0.15, 0.2) is 30.3 Å². The first-order valence-electron chi connectivity index (χ1n) is 7.11. The molecule has 114 valence electrons. The van der Waals surface area contributed by atoms with Gasteiger partial charge in [-0.25, -0.2) is 4.39 Å². The number of benzene rings is 1. The molecule has 0 radical (unpaired) electrons. The Balaban J connectivity index is 1.74. The summed E-state index contributed by atoms with van der Waals surface area (Å²) in [6, 6.07) is 6.33. The van der Waals surface area contributed by atoms with E-state index in [1.165, 1.54) is 12.1 Å². The van der Waals surface area contributed by atoms with Crippen molar-refractivity contribution in [1.29, 1.82) is 0 Å². The van der Waals surface area contributed by atoms with Crippen molar-refractivity contribution in [1.82, 2.24) is 9.80 Å². The fourth-order valence-corrected chi connectivity index (χ4v) is 2.15. The molecule has 1 aliphatic heterocycles. The lowest BCUT2D eigenvalue weighted by Crippen LogP contribution is -2.45. The zero-order valence-corrected chi connectivity index (χ0v) is 12.3. The maximum atomic E-state index is 12.8. The highest BCUT2D eigenvalue weighted by molar-refractivity contribution is 5.78. The molecule has 0 spiro atoms. The van der Waals surface area contributed by atoms with Crippen molar-refractivity contribution in [2.45, 2.75) is 0 Å². The number of carbonyl (C=O) groups excluding carboxylic acids is 1. The van der Waals surface area contributed by atoms with Gasteiger partial charge < -0.3 is 9.64 Å². The normalized spacial score (nSPS) is 15.9. The van der Waals surface area contributed by atoms with E-state index in [9.17, 15) is 9.18 Å². The minimum absolute atomic E-state index is 0.135. The third-order valence-corrected chi connectivity index (χ3v) is 3.37. The van der Waals surface area contributed by atoms with Crippen LogP contribution in [0.3, 0.4) is 0 Å². The number of carbonyl (C=O) groups is 1. The highest BCUT2D eigenvalue weighted by Crippen LogP contribution is 2.05. The van der Waals surface area contributed by atoms with Crippen LogP contribution in [0.4, 0.5) is 4.39 Å². The summed E-state index contributed by atoms with van der Waals surface area (Å²) in [6.45, 7) is 3.68. The lowest BCUT2D eigenvalue weighted by molar-refractivity contribution is -0.136. The number of hydrogen-bond donors (Lipinski definition) is 0. The van der Waals surface area contributed by atoms with Crippen molar-refractivity contribution in [3.63, 3.8) is 0 Å². The number of nitrogens with zero attached hydrogens (tertiary/aromatic N) is 2. The first kappa shape index (κ1) is 15.7. The summed E-state index contributed by atoms with van der Waals surface area (Å²) in [4.78, 5) is 15.8. The van der Waals surface area contributed by atoms with Crippen LogP contribution in [-0.2, 0) is 9.53 Å². The Morgan fingerprint density at radius 1 is 1.33 bits per heavy atom. The highest BCUT2D eigenvalue weighted by Gasteiger charge is 2.17. The molecule has 0 aromatic heterocycles. The zero-order chi connectivity index (χ0) is 15.1. The van der Waals surface area contributed by atoms with Gasteiger partial charge in [0.1, 0.15) is 5.82 Å². The van der Waals surface area contributed by atoms with E-state index in [0.29, 0.717) is 39.4 Å². The van der Waals surface area contributed by atoms with Crippen molar-refractivity contribution in [3.8, 4) is 0 Å². The Bertz CT molecular complexity index is 482. The number of halogens is 1. The van der Waals surface area contributed by atoms with Gasteiger partial charge in [0, 0.05) is 19.6 Å². The maximum Gasteiger partial charge on any atom is 0.236 e. The third kappa shape index (κ3) is 5.28. The average molecular weight is 292 g/mol. The average Bonchev–Trinajstić information content (AvgIpc) is 2.50. The molecule has 1 fully saturated rings. The van der Waals surface area contributed by atoms with Crippen LogP contribution in [0.1, 0.15) is 5.56 Å². The molecular weight excluding hydrogens is 271 g/mol. The Labute approximate surface area is 124 Å². The molecular formula is C16H21FN2O2. The van der Waals surface area contributed by atoms with Gasteiger partial charge in [-0.15, -0.1) is 0 Å². The summed E-state index contributed by atoms with van der Waals surface area (Å²) in [5.74, 6) is -0.101. The van der Waals surface area contributed by atoms with Gasteiger partial charge in [0.25, 0.3) is 0 Å². The minimum Gasteiger partial charge on any atom is -0.378 e. The van der Waals surface area contributed by atoms with E-state index < -0.39 is 0 Å². The molecule has 0 bridgehead atoms. The quantitative estimate of drug-likeness (QED) is 0.827. The van der Waals surface area contributed by atoms with Gasteiger partial charge in [-0.1, -0.05) is 24.3 Å². The second-order valence-electron chi connectivity index (χ2n) is 5.14. The molecule has 2 rings (SSSR count). The number of amides is 1. The van der Waals surface area contributed by atoms with Gasteiger partial charge in [-0.2, -0.15) is 0 Å².